The first-order valence-corrected chi connectivity index (χ1v) is 4.47. The van der Waals surface area contributed by atoms with Crippen LogP contribution in [-0.4, -0.2) is 18.8 Å². The molecule has 1 aromatic heterocycles. The molecule has 0 saturated carbocycles. The Bertz CT molecular complexity index is 208. The largest absolute Gasteiger partial charge is 0.507 e. The highest BCUT2D eigenvalue weighted by Gasteiger charge is 2.00. The van der Waals surface area contributed by atoms with Crippen molar-refractivity contribution in [3.8, 4) is 5.75 Å². The van der Waals surface area contributed by atoms with Gasteiger partial charge in [0.25, 0.3) is 0 Å². The summed E-state index contributed by atoms with van der Waals surface area (Å²) in [7, 11) is 1.69. The molecule has 62 valence electrons. The van der Waals surface area contributed by atoms with Crippen LogP contribution in [0.1, 0.15) is 11.3 Å². The van der Waals surface area contributed by atoms with Crippen molar-refractivity contribution in [2.75, 3.05) is 13.7 Å². The predicted molar refractivity (Wildman–Crippen MR) is 46.2 cm³/mol. The lowest BCUT2D eigenvalue weighted by atomic mass is 10.2. The summed E-state index contributed by atoms with van der Waals surface area (Å²) >= 11 is 1.59. The highest BCUT2D eigenvalue weighted by molar-refractivity contribution is 7.10. The summed E-state index contributed by atoms with van der Waals surface area (Å²) in [4.78, 5) is 1.06. The Morgan fingerprint density at radius 3 is 3.00 bits per heavy atom. The zero-order valence-corrected chi connectivity index (χ0v) is 7.36. The monoisotopic (exact) mass is 172 g/mol. The van der Waals surface area contributed by atoms with Crippen LogP contribution in [0.2, 0.25) is 0 Å². The van der Waals surface area contributed by atoms with Crippen molar-refractivity contribution in [3.63, 3.8) is 0 Å². The van der Waals surface area contributed by atoms with Crippen LogP contribution in [0.5, 0.6) is 5.75 Å². The molecule has 0 saturated heterocycles. The quantitative estimate of drug-likeness (QED) is 0.704. The molecule has 0 aliphatic heterocycles. The molecule has 0 atom stereocenters. The van der Waals surface area contributed by atoms with Crippen molar-refractivity contribution in [2.24, 2.45) is 0 Å². The van der Waals surface area contributed by atoms with Gasteiger partial charge in [0.2, 0.25) is 0 Å². The van der Waals surface area contributed by atoms with E-state index < -0.39 is 0 Å². The second-order valence-corrected chi connectivity index (χ2v) is 3.33. The molecule has 0 aliphatic carbocycles. The standard InChI is InChI=1S/C8H12O2S/c1-10-5-2-3-8-7(9)4-6-11-8/h4,6,9H,2-3,5H2,1H3. The van der Waals surface area contributed by atoms with Gasteiger partial charge in [-0.15, -0.1) is 11.3 Å². The van der Waals surface area contributed by atoms with Crippen molar-refractivity contribution in [3.05, 3.63) is 16.3 Å². The van der Waals surface area contributed by atoms with Crippen LogP contribution in [0, 0.1) is 0 Å². The average Bonchev–Trinajstić information content (AvgIpc) is 2.37. The van der Waals surface area contributed by atoms with Gasteiger partial charge in [-0.05, 0) is 24.3 Å². The SMILES string of the molecule is COCCCc1sccc1O. The number of hydrogen-bond acceptors (Lipinski definition) is 3. The molecule has 0 radical (unpaired) electrons. The average molecular weight is 172 g/mol. The van der Waals surface area contributed by atoms with Gasteiger partial charge in [-0.1, -0.05) is 0 Å². The third-order valence-electron chi connectivity index (χ3n) is 1.47. The highest BCUT2D eigenvalue weighted by atomic mass is 32.1. The molecule has 0 aliphatic rings. The van der Waals surface area contributed by atoms with E-state index in [2.05, 4.69) is 0 Å². The van der Waals surface area contributed by atoms with E-state index in [1.54, 1.807) is 24.5 Å². The van der Waals surface area contributed by atoms with Crippen LogP contribution < -0.4 is 0 Å². The summed E-state index contributed by atoms with van der Waals surface area (Å²) in [6.45, 7) is 0.761. The zero-order valence-electron chi connectivity index (χ0n) is 6.54. The molecule has 0 fully saturated rings. The molecule has 0 aromatic carbocycles. The Morgan fingerprint density at radius 1 is 1.64 bits per heavy atom. The number of thiophene rings is 1. The summed E-state index contributed by atoms with van der Waals surface area (Å²) in [5.41, 5.74) is 0. The lowest BCUT2D eigenvalue weighted by molar-refractivity contribution is 0.195. The third kappa shape index (κ3) is 2.52. The molecule has 0 unspecified atom stereocenters. The minimum Gasteiger partial charge on any atom is -0.507 e. The van der Waals surface area contributed by atoms with Crippen LogP contribution in [0.25, 0.3) is 0 Å². The Kier molecular flexibility index (Phi) is 3.39. The molecular weight excluding hydrogens is 160 g/mol. The smallest absolute Gasteiger partial charge is 0.129 e. The van der Waals surface area contributed by atoms with Gasteiger partial charge < -0.3 is 9.84 Å². The van der Waals surface area contributed by atoms with Gasteiger partial charge in [-0.25, -0.2) is 0 Å². The Balaban J connectivity index is 2.32. The number of ether oxygens (including phenoxy) is 1. The van der Waals surface area contributed by atoms with Crippen LogP contribution in [0.3, 0.4) is 0 Å². The molecule has 2 nitrogen and oxygen atoms in total. The van der Waals surface area contributed by atoms with Gasteiger partial charge in [0, 0.05) is 18.6 Å². The van der Waals surface area contributed by atoms with Gasteiger partial charge in [0.15, 0.2) is 0 Å². The summed E-state index contributed by atoms with van der Waals surface area (Å²) in [5, 5.41) is 11.1. The summed E-state index contributed by atoms with van der Waals surface area (Å²) < 4.78 is 4.90. The van der Waals surface area contributed by atoms with Crippen molar-refractivity contribution in [1.29, 1.82) is 0 Å². The van der Waals surface area contributed by atoms with E-state index in [0.717, 1.165) is 24.3 Å². The fraction of sp³-hybridized carbons (Fsp3) is 0.500. The van der Waals surface area contributed by atoms with Gasteiger partial charge in [-0.3, -0.25) is 0 Å². The Morgan fingerprint density at radius 2 is 2.45 bits per heavy atom. The van der Waals surface area contributed by atoms with E-state index >= 15 is 0 Å². The fourth-order valence-corrected chi connectivity index (χ4v) is 1.71. The topological polar surface area (TPSA) is 29.5 Å². The second-order valence-electron chi connectivity index (χ2n) is 2.33. The maximum Gasteiger partial charge on any atom is 0.129 e. The van der Waals surface area contributed by atoms with E-state index in [9.17, 15) is 5.11 Å². The summed E-state index contributed by atoms with van der Waals surface area (Å²) in [5.74, 6) is 0.422. The van der Waals surface area contributed by atoms with Crippen molar-refractivity contribution >= 4 is 11.3 Å². The normalized spacial score (nSPS) is 10.3. The molecule has 3 heteroatoms. The molecule has 1 rings (SSSR count). The third-order valence-corrected chi connectivity index (χ3v) is 2.44. The van der Waals surface area contributed by atoms with E-state index in [1.165, 1.54) is 0 Å². The molecule has 1 aromatic rings. The van der Waals surface area contributed by atoms with Gasteiger partial charge in [0.1, 0.15) is 5.75 Å². The van der Waals surface area contributed by atoms with E-state index in [4.69, 9.17) is 4.74 Å². The maximum atomic E-state index is 9.22. The van der Waals surface area contributed by atoms with Crippen molar-refractivity contribution < 1.29 is 9.84 Å². The van der Waals surface area contributed by atoms with Crippen LogP contribution in [-0.2, 0) is 11.2 Å². The van der Waals surface area contributed by atoms with Crippen LogP contribution in [0.15, 0.2) is 11.4 Å². The lowest BCUT2D eigenvalue weighted by Crippen LogP contribution is -1.90. The van der Waals surface area contributed by atoms with Crippen LogP contribution >= 0.6 is 11.3 Å². The molecular formula is C8H12O2S. The van der Waals surface area contributed by atoms with Crippen molar-refractivity contribution in [2.45, 2.75) is 12.8 Å². The van der Waals surface area contributed by atoms with Gasteiger partial charge >= 0.3 is 0 Å². The van der Waals surface area contributed by atoms with E-state index in [0.29, 0.717) is 5.75 Å². The number of aryl methyl sites for hydroxylation is 1. The number of methoxy groups -OCH3 is 1. The molecule has 11 heavy (non-hydrogen) atoms. The first-order valence-electron chi connectivity index (χ1n) is 3.59. The fourth-order valence-electron chi connectivity index (χ4n) is 0.898. The maximum absolute atomic E-state index is 9.22. The van der Waals surface area contributed by atoms with Gasteiger partial charge in [0.05, 0.1) is 0 Å². The van der Waals surface area contributed by atoms with E-state index in [1.807, 2.05) is 5.38 Å². The molecule has 0 amide bonds. The minimum atomic E-state index is 0.422. The first kappa shape index (κ1) is 8.56. The van der Waals surface area contributed by atoms with E-state index in [-0.39, 0.29) is 0 Å². The number of hydrogen-bond donors (Lipinski definition) is 1. The van der Waals surface area contributed by atoms with Gasteiger partial charge in [-0.2, -0.15) is 0 Å². The highest BCUT2D eigenvalue weighted by Crippen LogP contribution is 2.24. The summed E-state index contributed by atoms with van der Waals surface area (Å²) in [6.07, 6.45) is 1.89. The second kappa shape index (κ2) is 4.36. The lowest BCUT2D eigenvalue weighted by Gasteiger charge is -1.97. The number of rotatable bonds is 4. The molecule has 0 bridgehead atoms. The molecule has 0 spiro atoms. The van der Waals surface area contributed by atoms with Crippen molar-refractivity contribution in [1.82, 2.24) is 0 Å². The zero-order chi connectivity index (χ0) is 8.10. The summed E-state index contributed by atoms with van der Waals surface area (Å²) in [6, 6.07) is 1.73. The predicted octanol–water partition coefficient (Wildman–Crippen LogP) is 2.03. The molecule has 1 heterocycles. The first-order chi connectivity index (χ1) is 5.34. The Hall–Kier alpha value is -0.540. The number of aromatic hydroxyl groups is 1. The Labute approximate surface area is 70.4 Å². The molecule has 1 N–H and O–H groups in total. The minimum absolute atomic E-state index is 0.422. The van der Waals surface area contributed by atoms with Crippen LogP contribution in [0.4, 0.5) is 0 Å².